The van der Waals surface area contributed by atoms with Crippen molar-refractivity contribution in [2.75, 3.05) is 6.54 Å². The van der Waals surface area contributed by atoms with E-state index in [-0.39, 0.29) is 11.9 Å². The van der Waals surface area contributed by atoms with Gasteiger partial charge in [-0.25, -0.2) is 4.39 Å². The number of halogens is 1. The third-order valence-electron chi connectivity index (χ3n) is 3.22. The number of aliphatic carboxylic acids is 1. The summed E-state index contributed by atoms with van der Waals surface area (Å²) in [5.74, 6) is -1.94. The molecule has 2 rings (SSSR count). The molecule has 2 atom stereocenters. The van der Waals surface area contributed by atoms with Crippen LogP contribution in [0.2, 0.25) is 0 Å². The third-order valence-corrected chi connectivity index (χ3v) is 3.22. The summed E-state index contributed by atoms with van der Waals surface area (Å²) in [7, 11) is 0. The summed E-state index contributed by atoms with van der Waals surface area (Å²) in [4.78, 5) is 11.3. The average molecular weight is 237 g/mol. The van der Waals surface area contributed by atoms with E-state index >= 15 is 0 Å². The van der Waals surface area contributed by atoms with E-state index < -0.39 is 11.9 Å². The van der Waals surface area contributed by atoms with E-state index in [1.165, 1.54) is 12.1 Å². The molecule has 0 saturated carbocycles. The Morgan fingerprint density at radius 2 is 2.29 bits per heavy atom. The Morgan fingerprint density at radius 1 is 1.47 bits per heavy atom. The van der Waals surface area contributed by atoms with Crippen molar-refractivity contribution in [2.24, 2.45) is 0 Å². The van der Waals surface area contributed by atoms with Crippen molar-refractivity contribution in [2.45, 2.75) is 31.2 Å². The van der Waals surface area contributed by atoms with Crippen LogP contribution in [0.4, 0.5) is 4.39 Å². The molecule has 0 spiro atoms. The zero-order valence-electron chi connectivity index (χ0n) is 9.53. The first-order chi connectivity index (χ1) is 8.18. The summed E-state index contributed by atoms with van der Waals surface area (Å²) in [5, 5.41) is 12.5. The minimum atomic E-state index is -0.894. The Bertz CT molecular complexity index is 402. The van der Waals surface area contributed by atoms with Crippen LogP contribution in [0.1, 0.15) is 30.7 Å². The minimum Gasteiger partial charge on any atom is -0.481 e. The highest BCUT2D eigenvalue weighted by molar-refractivity contribution is 5.77. The van der Waals surface area contributed by atoms with Gasteiger partial charge in [0.2, 0.25) is 0 Å². The van der Waals surface area contributed by atoms with Gasteiger partial charge < -0.3 is 10.4 Å². The van der Waals surface area contributed by atoms with Crippen molar-refractivity contribution < 1.29 is 14.3 Å². The van der Waals surface area contributed by atoms with Crippen LogP contribution >= 0.6 is 0 Å². The summed E-state index contributed by atoms with van der Waals surface area (Å²) in [6, 6.07) is 5.79. The summed E-state index contributed by atoms with van der Waals surface area (Å²) in [5.41, 5.74) is 0.539. The highest BCUT2D eigenvalue weighted by Gasteiger charge is 2.30. The zero-order chi connectivity index (χ0) is 12.3. The predicted molar refractivity (Wildman–Crippen MR) is 62.4 cm³/mol. The fourth-order valence-electron chi connectivity index (χ4n) is 2.41. The number of rotatable bonds is 3. The Hall–Kier alpha value is -1.42. The number of benzene rings is 1. The standard InChI is InChI=1S/C13H16FNO2/c14-10-5-3-4-9(8-10)12(13(16)17)11-6-1-2-7-15-11/h3-5,8,11-12,15H,1-2,6-7H2,(H,16,17). The van der Waals surface area contributed by atoms with Gasteiger partial charge in [-0.05, 0) is 37.1 Å². The van der Waals surface area contributed by atoms with E-state index in [1.54, 1.807) is 12.1 Å². The summed E-state index contributed by atoms with van der Waals surface area (Å²) >= 11 is 0. The fourth-order valence-corrected chi connectivity index (χ4v) is 2.41. The van der Waals surface area contributed by atoms with Crippen LogP contribution < -0.4 is 5.32 Å². The van der Waals surface area contributed by atoms with Gasteiger partial charge in [-0.2, -0.15) is 0 Å². The normalized spacial score (nSPS) is 22.1. The van der Waals surface area contributed by atoms with Crippen molar-refractivity contribution in [3.05, 3.63) is 35.6 Å². The number of carbonyl (C=O) groups is 1. The van der Waals surface area contributed by atoms with E-state index in [1.807, 2.05) is 0 Å². The lowest BCUT2D eigenvalue weighted by Gasteiger charge is -2.29. The zero-order valence-corrected chi connectivity index (χ0v) is 9.53. The molecule has 0 amide bonds. The van der Waals surface area contributed by atoms with Crippen LogP contribution in [-0.4, -0.2) is 23.7 Å². The van der Waals surface area contributed by atoms with Crippen molar-refractivity contribution in [1.82, 2.24) is 5.32 Å². The molecular formula is C13H16FNO2. The van der Waals surface area contributed by atoms with E-state index in [0.717, 1.165) is 25.8 Å². The number of hydrogen-bond acceptors (Lipinski definition) is 2. The number of hydrogen-bond donors (Lipinski definition) is 2. The van der Waals surface area contributed by atoms with E-state index in [2.05, 4.69) is 5.32 Å². The molecule has 1 aromatic carbocycles. The Labute approximate surface area is 99.7 Å². The Kier molecular flexibility index (Phi) is 3.74. The van der Waals surface area contributed by atoms with Gasteiger partial charge in [-0.15, -0.1) is 0 Å². The molecule has 1 aliphatic rings. The molecule has 1 aromatic rings. The van der Waals surface area contributed by atoms with Crippen molar-refractivity contribution >= 4 is 5.97 Å². The molecule has 4 heteroatoms. The highest BCUT2D eigenvalue weighted by Crippen LogP contribution is 2.26. The summed E-state index contributed by atoms with van der Waals surface area (Å²) in [6.07, 6.45) is 2.93. The molecule has 0 aliphatic carbocycles. The molecular weight excluding hydrogens is 221 g/mol. The van der Waals surface area contributed by atoms with Crippen LogP contribution in [0.15, 0.2) is 24.3 Å². The maximum Gasteiger partial charge on any atom is 0.312 e. The van der Waals surface area contributed by atoms with Crippen LogP contribution in [0.5, 0.6) is 0 Å². The first-order valence-corrected chi connectivity index (χ1v) is 5.90. The quantitative estimate of drug-likeness (QED) is 0.846. The number of piperidine rings is 1. The Morgan fingerprint density at radius 3 is 2.88 bits per heavy atom. The first-order valence-electron chi connectivity index (χ1n) is 5.90. The lowest BCUT2D eigenvalue weighted by molar-refractivity contribution is -0.139. The molecule has 0 radical (unpaired) electrons. The van der Waals surface area contributed by atoms with E-state index in [9.17, 15) is 14.3 Å². The van der Waals surface area contributed by atoms with Gasteiger partial charge in [0.05, 0.1) is 5.92 Å². The second-order valence-corrected chi connectivity index (χ2v) is 4.43. The molecule has 3 nitrogen and oxygen atoms in total. The lowest BCUT2D eigenvalue weighted by atomic mass is 9.86. The maximum absolute atomic E-state index is 13.1. The van der Waals surface area contributed by atoms with Crippen molar-refractivity contribution in [3.8, 4) is 0 Å². The Balaban J connectivity index is 2.25. The van der Waals surface area contributed by atoms with Gasteiger partial charge >= 0.3 is 5.97 Å². The molecule has 17 heavy (non-hydrogen) atoms. The molecule has 0 aromatic heterocycles. The number of carboxylic acid groups (broad SMARTS) is 1. The average Bonchev–Trinajstić information content (AvgIpc) is 2.30. The monoisotopic (exact) mass is 237 g/mol. The highest BCUT2D eigenvalue weighted by atomic mass is 19.1. The second-order valence-electron chi connectivity index (χ2n) is 4.43. The van der Waals surface area contributed by atoms with Crippen LogP contribution in [0.3, 0.4) is 0 Å². The van der Waals surface area contributed by atoms with Crippen molar-refractivity contribution in [1.29, 1.82) is 0 Å². The van der Waals surface area contributed by atoms with Gasteiger partial charge in [0.15, 0.2) is 0 Å². The van der Waals surface area contributed by atoms with Crippen LogP contribution in [0, 0.1) is 5.82 Å². The smallest absolute Gasteiger partial charge is 0.312 e. The van der Waals surface area contributed by atoms with Crippen molar-refractivity contribution in [3.63, 3.8) is 0 Å². The molecule has 2 N–H and O–H groups in total. The number of carboxylic acids is 1. The molecule has 1 saturated heterocycles. The third kappa shape index (κ3) is 2.82. The van der Waals surface area contributed by atoms with Gasteiger partial charge in [0.1, 0.15) is 5.82 Å². The topological polar surface area (TPSA) is 49.3 Å². The van der Waals surface area contributed by atoms with Gasteiger partial charge in [-0.1, -0.05) is 18.6 Å². The van der Waals surface area contributed by atoms with E-state index in [0.29, 0.717) is 5.56 Å². The lowest BCUT2D eigenvalue weighted by Crippen LogP contribution is -2.41. The van der Waals surface area contributed by atoms with Crippen LogP contribution in [0.25, 0.3) is 0 Å². The molecule has 92 valence electrons. The molecule has 1 aliphatic heterocycles. The molecule has 2 unspecified atom stereocenters. The van der Waals surface area contributed by atoms with Crippen LogP contribution in [-0.2, 0) is 4.79 Å². The predicted octanol–water partition coefficient (Wildman–Crippen LogP) is 2.14. The second kappa shape index (κ2) is 5.27. The maximum atomic E-state index is 13.1. The largest absolute Gasteiger partial charge is 0.481 e. The SMILES string of the molecule is O=C(O)C(c1cccc(F)c1)C1CCCCN1. The molecule has 1 heterocycles. The van der Waals surface area contributed by atoms with E-state index in [4.69, 9.17) is 0 Å². The van der Waals surface area contributed by atoms with Gasteiger partial charge in [-0.3, -0.25) is 4.79 Å². The molecule has 1 fully saturated rings. The first kappa shape index (κ1) is 12.0. The number of nitrogens with one attached hydrogen (secondary N) is 1. The molecule has 0 bridgehead atoms. The van der Waals surface area contributed by atoms with Gasteiger partial charge in [0.25, 0.3) is 0 Å². The summed E-state index contributed by atoms with van der Waals surface area (Å²) in [6.45, 7) is 0.837. The van der Waals surface area contributed by atoms with Gasteiger partial charge in [0, 0.05) is 6.04 Å². The summed E-state index contributed by atoms with van der Waals surface area (Å²) < 4.78 is 13.1. The fraction of sp³-hybridized carbons (Fsp3) is 0.462. The minimum absolute atomic E-state index is 0.0944.